The second-order valence-electron chi connectivity index (χ2n) is 3.13. The number of halogens is 3. The summed E-state index contributed by atoms with van der Waals surface area (Å²) >= 11 is 2.04. The lowest BCUT2D eigenvalue weighted by atomic mass is 10.1. The van der Waals surface area contributed by atoms with Crippen molar-refractivity contribution < 1.29 is 8.78 Å². The third kappa shape index (κ3) is 19.0. The second-order valence-corrected chi connectivity index (χ2v) is 4.52. The van der Waals surface area contributed by atoms with Gasteiger partial charge in [0.2, 0.25) is 0 Å². The lowest BCUT2D eigenvalue weighted by Crippen LogP contribution is -1.91. The maximum Gasteiger partial charge on any atom is 0.298 e. The number of alkyl halides is 3. The van der Waals surface area contributed by atoms with Crippen molar-refractivity contribution in [2.75, 3.05) is 0 Å². The molecule has 0 heterocycles. The summed E-state index contributed by atoms with van der Waals surface area (Å²) in [6.07, 6.45) is 0. The predicted molar refractivity (Wildman–Crippen MR) is 97.5 cm³/mol. The Morgan fingerprint density at radius 2 is 0.810 bits per heavy atom. The summed E-state index contributed by atoms with van der Waals surface area (Å²) in [5.41, 5.74) is 0. The average Bonchev–Trinajstić information content (AvgIpc) is 2.52. The molecule has 0 aliphatic heterocycles. The summed E-state index contributed by atoms with van der Waals surface area (Å²) in [5, 5.41) is 2.62. The van der Waals surface area contributed by atoms with Crippen LogP contribution >= 0.6 is 15.9 Å². The molecule has 0 aliphatic carbocycles. The fraction of sp³-hybridized carbons (Fsp3) is 0.444. The second kappa shape index (κ2) is 17.1. The van der Waals surface area contributed by atoms with Crippen LogP contribution in [0, 0.1) is 0 Å². The smallest absolute Gasteiger partial charge is 0.194 e. The SMILES string of the molecule is CC.CC.CC.CC(F)(F)Br.c1ccc2ccccc2c1. The van der Waals surface area contributed by atoms with Gasteiger partial charge in [0, 0.05) is 6.92 Å². The molecule has 0 saturated carbocycles. The van der Waals surface area contributed by atoms with E-state index in [9.17, 15) is 8.78 Å². The van der Waals surface area contributed by atoms with Gasteiger partial charge in [-0.1, -0.05) is 90.1 Å². The Kier molecular flexibility index (Phi) is 20.4. The van der Waals surface area contributed by atoms with Crippen LogP contribution in [0.2, 0.25) is 0 Å². The molecule has 0 atom stereocenters. The van der Waals surface area contributed by atoms with E-state index in [1.807, 2.05) is 57.5 Å². The van der Waals surface area contributed by atoms with Gasteiger partial charge in [0.15, 0.2) is 0 Å². The Labute approximate surface area is 137 Å². The average molecular weight is 363 g/mol. The molecule has 0 amide bonds. The van der Waals surface area contributed by atoms with Crippen molar-refractivity contribution in [2.24, 2.45) is 0 Å². The highest BCUT2D eigenvalue weighted by molar-refractivity contribution is 9.09. The highest BCUT2D eigenvalue weighted by Gasteiger charge is 2.11. The van der Waals surface area contributed by atoms with Gasteiger partial charge in [0.1, 0.15) is 0 Å². The molecule has 2 rings (SSSR count). The van der Waals surface area contributed by atoms with Crippen LogP contribution in [0.5, 0.6) is 0 Å². The maximum absolute atomic E-state index is 10.9. The number of benzene rings is 2. The van der Waals surface area contributed by atoms with Crippen molar-refractivity contribution in [3.63, 3.8) is 0 Å². The Balaban J connectivity index is -0.000000253. The molecule has 0 saturated heterocycles. The molecule has 122 valence electrons. The monoisotopic (exact) mass is 362 g/mol. The topological polar surface area (TPSA) is 0 Å². The van der Waals surface area contributed by atoms with Gasteiger partial charge < -0.3 is 0 Å². The van der Waals surface area contributed by atoms with Crippen LogP contribution in [-0.2, 0) is 0 Å². The van der Waals surface area contributed by atoms with E-state index in [0.29, 0.717) is 0 Å². The van der Waals surface area contributed by atoms with Crippen LogP contribution in [-0.4, -0.2) is 4.83 Å². The van der Waals surface area contributed by atoms with Crippen LogP contribution < -0.4 is 0 Å². The minimum atomic E-state index is -2.69. The molecule has 0 aromatic heterocycles. The van der Waals surface area contributed by atoms with Gasteiger partial charge in [-0.05, 0) is 26.7 Å². The first-order chi connectivity index (χ1) is 9.97. The van der Waals surface area contributed by atoms with Crippen molar-refractivity contribution in [2.45, 2.75) is 53.3 Å². The van der Waals surface area contributed by atoms with E-state index in [0.717, 1.165) is 6.92 Å². The molecule has 0 spiro atoms. The number of fused-ring (bicyclic) bond motifs is 1. The zero-order valence-corrected chi connectivity index (χ0v) is 15.8. The highest BCUT2D eigenvalue weighted by atomic mass is 79.9. The molecular weight excluding hydrogens is 334 g/mol. The van der Waals surface area contributed by atoms with Gasteiger partial charge in [0.25, 0.3) is 4.83 Å². The van der Waals surface area contributed by atoms with Gasteiger partial charge in [-0.15, -0.1) is 0 Å². The Hall–Kier alpha value is -0.960. The van der Waals surface area contributed by atoms with Crippen LogP contribution in [0.3, 0.4) is 0 Å². The number of hydrogen-bond donors (Lipinski definition) is 0. The third-order valence-electron chi connectivity index (χ3n) is 1.66. The summed E-state index contributed by atoms with van der Waals surface area (Å²) < 4.78 is 21.9. The standard InChI is InChI=1S/C10H8.C2H3BrF2.3C2H6/c1-2-6-10-8-4-3-7-9(10)5-1;1-2(3,4)5;3*1-2/h1-8H;1H3;3*1-2H3. The molecule has 0 fully saturated rings. The molecule has 21 heavy (non-hydrogen) atoms. The van der Waals surface area contributed by atoms with Gasteiger partial charge in [0.05, 0.1) is 0 Å². The molecule has 0 nitrogen and oxygen atoms in total. The normalized spacial score (nSPS) is 8.48. The molecule has 0 aliphatic rings. The Morgan fingerprint density at radius 1 is 0.667 bits per heavy atom. The first-order valence-electron chi connectivity index (χ1n) is 7.47. The summed E-state index contributed by atoms with van der Waals surface area (Å²) in [6.45, 7) is 12.8. The molecule has 0 N–H and O–H groups in total. The Morgan fingerprint density at radius 3 is 0.952 bits per heavy atom. The van der Waals surface area contributed by atoms with Gasteiger partial charge in [-0.3, -0.25) is 0 Å². The summed E-state index contributed by atoms with van der Waals surface area (Å²) in [5.74, 6) is 0. The zero-order chi connectivity index (χ0) is 17.3. The van der Waals surface area contributed by atoms with E-state index in [2.05, 4.69) is 48.5 Å². The summed E-state index contributed by atoms with van der Waals surface area (Å²) in [7, 11) is 0. The van der Waals surface area contributed by atoms with Crippen molar-refractivity contribution in [3.8, 4) is 0 Å². The summed E-state index contributed by atoms with van der Waals surface area (Å²) in [6, 6.07) is 16.7. The number of hydrogen-bond acceptors (Lipinski definition) is 0. The fourth-order valence-corrected chi connectivity index (χ4v) is 1.13. The van der Waals surface area contributed by atoms with Crippen LogP contribution in [0.4, 0.5) is 8.78 Å². The first kappa shape index (κ1) is 25.0. The van der Waals surface area contributed by atoms with E-state index in [4.69, 9.17) is 0 Å². The van der Waals surface area contributed by atoms with E-state index >= 15 is 0 Å². The molecule has 0 unspecified atom stereocenters. The summed E-state index contributed by atoms with van der Waals surface area (Å²) in [4.78, 5) is -2.69. The molecule has 3 heteroatoms. The van der Waals surface area contributed by atoms with Crippen molar-refractivity contribution >= 4 is 26.7 Å². The predicted octanol–water partition coefficient (Wildman–Crippen LogP) is 7.91. The van der Waals surface area contributed by atoms with Crippen molar-refractivity contribution in [1.82, 2.24) is 0 Å². The minimum absolute atomic E-state index is 0.771. The van der Waals surface area contributed by atoms with E-state index in [1.165, 1.54) is 10.8 Å². The largest absolute Gasteiger partial charge is 0.298 e. The van der Waals surface area contributed by atoms with Crippen LogP contribution in [0.25, 0.3) is 10.8 Å². The first-order valence-corrected chi connectivity index (χ1v) is 8.26. The third-order valence-corrected chi connectivity index (χ3v) is 1.66. The lowest BCUT2D eigenvalue weighted by molar-refractivity contribution is 0.138. The van der Waals surface area contributed by atoms with Crippen LogP contribution in [0.1, 0.15) is 48.5 Å². The lowest BCUT2D eigenvalue weighted by Gasteiger charge is -1.92. The quantitative estimate of drug-likeness (QED) is 0.417. The minimum Gasteiger partial charge on any atom is -0.194 e. The van der Waals surface area contributed by atoms with Crippen molar-refractivity contribution in [1.29, 1.82) is 0 Å². The van der Waals surface area contributed by atoms with E-state index in [-0.39, 0.29) is 0 Å². The molecule has 0 bridgehead atoms. The van der Waals surface area contributed by atoms with E-state index < -0.39 is 4.83 Å². The van der Waals surface area contributed by atoms with E-state index in [1.54, 1.807) is 0 Å². The van der Waals surface area contributed by atoms with Crippen molar-refractivity contribution in [3.05, 3.63) is 48.5 Å². The van der Waals surface area contributed by atoms with Gasteiger partial charge >= 0.3 is 0 Å². The molecule has 2 aromatic rings. The Bertz CT molecular complexity index is 351. The highest BCUT2D eigenvalue weighted by Crippen LogP contribution is 2.18. The van der Waals surface area contributed by atoms with Crippen LogP contribution in [0.15, 0.2) is 48.5 Å². The maximum atomic E-state index is 10.9. The van der Waals surface area contributed by atoms with Gasteiger partial charge in [-0.25, -0.2) is 0 Å². The molecule has 2 aromatic carbocycles. The molecular formula is C18H29BrF2. The number of rotatable bonds is 0. The molecule has 0 radical (unpaired) electrons. The van der Waals surface area contributed by atoms with Gasteiger partial charge in [-0.2, -0.15) is 8.78 Å². The fourth-order valence-electron chi connectivity index (χ4n) is 1.13. The zero-order valence-electron chi connectivity index (χ0n) is 14.3.